The second-order valence-corrected chi connectivity index (χ2v) is 6.65. The highest BCUT2D eigenvalue weighted by molar-refractivity contribution is 5.55. The van der Waals surface area contributed by atoms with Gasteiger partial charge in [0.1, 0.15) is 34.6 Å². The fraction of sp³-hybridized carbons (Fsp3) is 0. The van der Waals surface area contributed by atoms with Crippen LogP contribution in [0.15, 0.2) is 85.2 Å². The third-order valence-electron chi connectivity index (χ3n) is 4.33. The Labute approximate surface area is 187 Å². The maximum atomic E-state index is 11.1. The second kappa shape index (κ2) is 9.39. The van der Waals surface area contributed by atoms with Gasteiger partial charge in [-0.3, -0.25) is 10.1 Å². The van der Waals surface area contributed by atoms with Crippen LogP contribution >= 0.6 is 0 Å². The van der Waals surface area contributed by atoms with Crippen molar-refractivity contribution in [1.82, 2.24) is 9.97 Å². The number of ether oxygens (including phenoxy) is 2. The predicted molar refractivity (Wildman–Crippen MR) is 119 cm³/mol. The van der Waals surface area contributed by atoms with Gasteiger partial charge < -0.3 is 14.8 Å². The zero-order valence-corrected chi connectivity index (χ0v) is 17.0. The third-order valence-corrected chi connectivity index (χ3v) is 4.33. The number of hydrogen-bond donors (Lipinski definition) is 2. The maximum absolute atomic E-state index is 11.1. The summed E-state index contributed by atoms with van der Waals surface area (Å²) in [4.78, 5) is 30.2. The van der Waals surface area contributed by atoms with Crippen LogP contribution in [0.4, 0.5) is 23.0 Å². The normalized spacial score (nSPS) is 10.3. The van der Waals surface area contributed by atoms with E-state index in [1.54, 1.807) is 60.9 Å². The van der Waals surface area contributed by atoms with Crippen LogP contribution in [-0.2, 0) is 0 Å². The monoisotopic (exact) mass is 445 g/mol. The number of pyridine rings is 2. The molecule has 2 aromatic carbocycles. The maximum Gasteiger partial charge on any atom is 0.291 e. The lowest BCUT2D eigenvalue weighted by Crippen LogP contribution is -2.08. The van der Waals surface area contributed by atoms with E-state index in [4.69, 9.17) is 15.3 Å². The Hall–Kier alpha value is -5.06. The summed E-state index contributed by atoms with van der Waals surface area (Å²) in [7, 11) is 0. The average molecular weight is 445 g/mol. The van der Waals surface area contributed by atoms with E-state index in [2.05, 4.69) is 15.3 Å². The molecule has 164 valence electrons. The molecule has 4 rings (SSSR count). The van der Waals surface area contributed by atoms with Crippen molar-refractivity contribution in [2.75, 3.05) is 5.32 Å². The molecule has 0 aliphatic carbocycles. The SMILES string of the molecule is N[N+](=O)c1ccc(Oc2ccnc(Nc3cc(Oc4ccc([N+](=O)[O-])cc4)ccn3)c2)cc1. The predicted octanol–water partition coefficient (Wildman–Crippen LogP) is 5.00. The van der Waals surface area contributed by atoms with E-state index in [1.807, 2.05) is 0 Å². The van der Waals surface area contributed by atoms with Crippen molar-refractivity contribution in [3.05, 3.63) is 100 Å². The summed E-state index contributed by atoms with van der Waals surface area (Å²) in [6.07, 6.45) is 3.13. The molecule has 3 N–H and O–H groups in total. The summed E-state index contributed by atoms with van der Waals surface area (Å²) >= 11 is 0. The van der Waals surface area contributed by atoms with Crippen LogP contribution in [0.2, 0.25) is 0 Å². The zero-order chi connectivity index (χ0) is 23.2. The molecule has 2 aromatic heterocycles. The molecule has 0 amide bonds. The fourth-order valence-corrected chi connectivity index (χ4v) is 2.79. The molecule has 0 fully saturated rings. The number of nitro benzene ring substituents is 1. The van der Waals surface area contributed by atoms with Gasteiger partial charge in [0, 0.05) is 48.8 Å². The average Bonchev–Trinajstić information content (AvgIpc) is 2.80. The van der Waals surface area contributed by atoms with E-state index in [0.717, 1.165) is 0 Å². The Morgan fingerprint density at radius 3 is 1.58 bits per heavy atom. The summed E-state index contributed by atoms with van der Waals surface area (Å²) in [6.45, 7) is 0. The smallest absolute Gasteiger partial charge is 0.291 e. The van der Waals surface area contributed by atoms with Gasteiger partial charge in [-0.05, 0) is 36.4 Å². The van der Waals surface area contributed by atoms with Crippen LogP contribution in [0.3, 0.4) is 0 Å². The number of anilines is 2. The summed E-state index contributed by atoms with van der Waals surface area (Å²) in [5.41, 5.74) is 0.289. The van der Waals surface area contributed by atoms with Crippen LogP contribution in [-0.4, -0.2) is 19.8 Å². The Kier molecular flexibility index (Phi) is 6.03. The zero-order valence-electron chi connectivity index (χ0n) is 17.0. The van der Waals surface area contributed by atoms with Gasteiger partial charge in [-0.25, -0.2) is 9.97 Å². The van der Waals surface area contributed by atoms with Crippen molar-refractivity contribution in [3.8, 4) is 23.0 Å². The number of nitrogens with two attached hydrogens (primary N) is 1. The Morgan fingerprint density at radius 1 is 0.697 bits per heavy atom. The van der Waals surface area contributed by atoms with Crippen LogP contribution in [0.1, 0.15) is 0 Å². The van der Waals surface area contributed by atoms with Gasteiger partial charge in [-0.2, -0.15) is 5.84 Å². The van der Waals surface area contributed by atoms with Gasteiger partial charge in [-0.15, -0.1) is 0 Å². The quantitative estimate of drug-likeness (QED) is 0.166. The Balaban J connectivity index is 1.43. The van der Waals surface area contributed by atoms with E-state index >= 15 is 0 Å². The summed E-state index contributed by atoms with van der Waals surface area (Å²) in [6, 6.07) is 18.8. The molecule has 0 aliphatic rings. The molecular formula is C22H17N6O5+. The van der Waals surface area contributed by atoms with Crippen molar-refractivity contribution in [2.24, 2.45) is 5.84 Å². The van der Waals surface area contributed by atoms with Crippen molar-refractivity contribution in [2.45, 2.75) is 0 Å². The number of nitroso groups, excluding NO2 is 1. The third kappa shape index (κ3) is 5.55. The number of hydrazine groups is 1. The van der Waals surface area contributed by atoms with E-state index < -0.39 is 4.92 Å². The van der Waals surface area contributed by atoms with Gasteiger partial charge in [-0.1, -0.05) is 0 Å². The molecule has 0 unspecified atom stereocenters. The minimum absolute atomic E-state index is 0.0182. The number of nitro groups is 1. The number of non-ortho nitro benzene ring substituents is 1. The minimum Gasteiger partial charge on any atom is -0.457 e. The molecule has 11 nitrogen and oxygen atoms in total. The van der Waals surface area contributed by atoms with Crippen molar-refractivity contribution >= 4 is 23.0 Å². The Morgan fingerprint density at radius 2 is 1.15 bits per heavy atom. The summed E-state index contributed by atoms with van der Waals surface area (Å²) in [5, 5.41) is 13.8. The molecular weight excluding hydrogens is 428 g/mol. The van der Waals surface area contributed by atoms with Gasteiger partial charge in [0.05, 0.1) is 9.83 Å². The number of hydrogen-bond acceptors (Lipinski definition) is 8. The topological polar surface area (TPSA) is 146 Å². The molecule has 33 heavy (non-hydrogen) atoms. The largest absolute Gasteiger partial charge is 0.457 e. The highest BCUT2D eigenvalue weighted by Crippen LogP contribution is 2.28. The van der Waals surface area contributed by atoms with Gasteiger partial charge in [0.15, 0.2) is 4.87 Å². The molecule has 0 spiro atoms. The lowest BCUT2D eigenvalue weighted by molar-refractivity contribution is -0.474. The highest BCUT2D eigenvalue weighted by atomic mass is 16.6. The van der Waals surface area contributed by atoms with Crippen molar-refractivity contribution in [3.63, 3.8) is 0 Å². The van der Waals surface area contributed by atoms with E-state index in [0.29, 0.717) is 40.3 Å². The van der Waals surface area contributed by atoms with Crippen molar-refractivity contribution < 1.29 is 19.3 Å². The summed E-state index contributed by atoms with van der Waals surface area (Å²) < 4.78 is 11.5. The van der Waals surface area contributed by atoms with E-state index in [9.17, 15) is 15.0 Å². The molecule has 0 saturated carbocycles. The number of nitrogens with one attached hydrogen (secondary N) is 1. The molecule has 0 saturated heterocycles. The van der Waals surface area contributed by atoms with Gasteiger partial charge in [0.25, 0.3) is 11.4 Å². The van der Waals surface area contributed by atoms with Gasteiger partial charge in [0.2, 0.25) is 0 Å². The number of rotatable bonds is 8. The standard InChI is InChI=1S/C22H17N6O5/c23-27(29)15-1-5-17(6-2-15)32-19-9-11-24-21(13-19)26-22-14-20(10-12-25-22)33-18-7-3-16(4-8-18)28(30)31/h1-14H,(H2,23,29)(H,24,25,26)/q+1. The van der Waals surface area contributed by atoms with Crippen LogP contribution in [0.5, 0.6) is 23.0 Å². The number of nitrogens with zero attached hydrogens (tertiary/aromatic N) is 4. The molecule has 0 radical (unpaired) electrons. The van der Waals surface area contributed by atoms with Crippen molar-refractivity contribution in [1.29, 1.82) is 0 Å². The first-order valence-electron chi connectivity index (χ1n) is 9.57. The molecule has 0 bridgehead atoms. The fourth-order valence-electron chi connectivity index (χ4n) is 2.79. The first kappa shape index (κ1) is 21.2. The molecule has 11 heteroatoms. The van der Waals surface area contributed by atoms with E-state index in [-0.39, 0.29) is 10.6 Å². The lowest BCUT2D eigenvalue weighted by Gasteiger charge is -2.10. The molecule has 4 aromatic rings. The number of aromatic nitrogens is 2. The van der Waals surface area contributed by atoms with Crippen LogP contribution < -0.4 is 20.6 Å². The van der Waals surface area contributed by atoms with E-state index in [1.165, 1.54) is 24.3 Å². The lowest BCUT2D eigenvalue weighted by atomic mass is 10.3. The second-order valence-electron chi connectivity index (χ2n) is 6.65. The van der Waals surface area contributed by atoms with Crippen LogP contribution in [0, 0.1) is 15.0 Å². The Bertz CT molecular complexity index is 1190. The molecule has 0 aliphatic heterocycles. The molecule has 2 heterocycles. The minimum atomic E-state index is -0.474. The summed E-state index contributed by atoms with van der Waals surface area (Å²) in [5.74, 6) is 8.10. The molecule has 0 atom stereocenters. The highest BCUT2D eigenvalue weighted by Gasteiger charge is 2.09. The number of benzene rings is 2. The first-order valence-corrected chi connectivity index (χ1v) is 9.57. The van der Waals surface area contributed by atoms with Gasteiger partial charge >= 0.3 is 0 Å². The first-order chi connectivity index (χ1) is 16.0. The van der Waals surface area contributed by atoms with Crippen LogP contribution in [0.25, 0.3) is 0 Å².